The second kappa shape index (κ2) is 6.34. The lowest BCUT2D eigenvalue weighted by molar-refractivity contribution is 0.280. The van der Waals surface area contributed by atoms with Crippen molar-refractivity contribution in [1.82, 2.24) is 15.0 Å². The molecule has 72 valence electrons. The van der Waals surface area contributed by atoms with Gasteiger partial charge in [0.05, 0.1) is 6.61 Å². The van der Waals surface area contributed by atoms with Gasteiger partial charge in [-0.3, -0.25) is 0 Å². The van der Waals surface area contributed by atoms with Crippen molar-refractivity contribution in [3.05, 3.63) is 12.7 Å². The van der Waals surface area contributed by atoms with Gasteiger partial charge in [0.2, 0.25) is 0 Å². The van der Waals surface area contributed by atoms with Gasteiger partial charge in [-0.05, 0) is 6.42 Å². The van der Waals surface area contributed by atoms with Crippen LogP contribution in [-0.4, -0.2) is 21.6 Å². The Bertz CT molecular complexity index is 215. The lowest BCUT2D eigenvalue weighted by atomic mass is 10.2. The topological polar surface area (TPSA) is 47.9 Å². The van der Waals surface area contributed by atoms with Crippen LogP contribution < -0.4 is 4.74 Å². The van der Waals surface area contributed by atoms with E-state index in [9.17, 15) is 0 Å². The van der Waals surface area contributed by atoms with Crippen molar-refractivity contribution < 1.29 is 4.74 Å². The third kappa shape index (κ3) is 4.40. The van der Waals surface area contributed by atoms with Gasteiger partial charge in [-0.15, -0.1) is 0 Å². The molecular formula is C9H15N3O. The van der Waals surface area contributed by atoms with E-state index in [1.807, 2.05) is 0 Å². The molecule has 0 saturated heterocycles. The Morgan fingerprint density at radius 3 is 2.62 bits per heavy atom. The average Bonchev–Trinajstić information content (AvgIpc) is 2.19. The Morgan fingerprint density at radius 1 is 1.15 bits per heavy atom. The van der Waals surface area contributed by atoms with Gasteiger partial charge in [-0.25, -0.2) is 4.98 Å². The zero-order valence-corrected chi connectivity index (χ0v) is 7.94. The third-order valence-electron chi connectivity index (χ3n) is 1.70. The maximum absolute atomic E-state index is 5.29. The second-order valence-corrected chi connectivity index (χ2v) is 2.83. The maximum Gasteiger partial charge on any atom is 0.319 e. The van der Waals surface area contributed by atoms with E-state index < -0.39 is 0 Å². The Balaban J connectivity index is 2.07. The normalized spacial score (nSPS) is 9.92. The first kappa shape index (κ1) is 9.89. The minimum Gasteiger partial charge on any atom is -0.463 e. The molecule has 0 atom stereocenters. The first-order valence-corrected chi connectivity index (χ1v) is 4.68. The van der Waals surface area contributed by atoms with Crippen molar-refractivity contribution in [2.45, 2.75) is 32.6 Å². The molecule has 0 unspecified atom stereocenters. The van der Waals surface area contributed by atoms with Crippen molar-refractivity contribution in [3.63, 3.8) is 0 Å². The summed E-state index contributed by atoms with van der Waals surface area (Å²) in [5.41, 5.74) is 0. The van der Waals surface area contributed by atoms with Crippen LogP contribution in [0.15, 0.2) is 12.7 Å². The fraction of sp³-hybridized carbons (Fsp3) is 0.667. The van der Waals surface area contributed by atoms with Crippen LogP contribution in [0.25, 0.3) is 0 Å². The molecule has 0 amide bonds. The molecule has 0 saturated carbocycles. The first-order chi connectivity index (χ1) is 6.43. The summed E-state index contributed by atoms with van der Waals surface area (Å²) in [6.07, 6.45) is 7.66. The van der Waals surface area contributed by atoms with E-state index in [2.05, 4.69) is 21.9 Å². The minimum absolute atomic E-state index is 0.423. The fourth-order valence-corrected chi connectivity index (χ4v) is 0.995. The highest BCUT2D eigenvalue weighted by Crippen LogP contribution is 2.01. The number of ether oxygens (including phenoxy) is 1. The molecule has 0 aromatic carbocycles. The number of nitrogens with zero attached hydrogens (tertiary/aromatic N) is 3. The summed E-state index contributed by atoms with van der Waals surface area (Å²) in [5, 5.41) is 0. The zero-order chi connectivity index (χ0) is 9.36. The van der Waals surface area contributed by atoms with E-state index in [1.54, 1.807) is 0 Å². The molecule has 1 rings (SSSR count). The van der Waals surface area contributed by atoms with Crippen LogP contribution >= 0.6 is 0 Å². The third-order valence-corrected chi connectivity index (χ3v) is 1.70. The smallest absolute Gasteiger partial charge is 0.319 e. The molecule has 0 bridgehead atoms. The van der Waals surface area contributed by atoms with Gasteiger partial charge in [-0.2, -0.15) is 9.97 Å². The van der Waals surface area contributed by atoms with Crippen LogP contribution in [0.4, 0.5) is 0 Å². The summed E-state index contributed by atoms with van der Waals surface area (Å²) < 4.78 is 5.29. The van der Waals surface area contributed by atoms with Gasteiger partial charge in [0, 0.05) is 0 Å². The van der Waals surface area contributed by atoms with E-state index >= 15 is 0 Å². The van der Waals surface area contributed by atoms with Crippen molar-refractivity contribution >= 4 is 0 Å². The Morgan fingerprint density at radius 2 is 1.92 bits per heavy atom. The Kier molecular flexibility index (Phi) is 4.83. The molecule has 0 N–H and O–H groups in total. The number of rotatable bonds is 6. The minimum atomic E-state index is 0.423. The predicted molar refractivity (Wildman–Crippen MR) is 49.5 cm³/mol. The monoisotopic (exact) mass is 181 g/mol. The Hall–Kier alpha value is -1.19. The van der Waals surface area contributed by atoms with E-state index in [0.717, 1.165) is 6.42 Å². The standard InChI is InChI=1S/C9H15N3O/c1-2-3-4-5-6-13-9-11-7-10-8-12-9/h7-8H,2-6H2,1H3. The number of aromatic nitrogens is 3. The van der Waals surface area contributed by atoms with Crippen molar-refractivity contribution in [3.8, 4) is 6.01 Å². The summed E-state index contributed by atoms with van der Waals surface area (Å²) in [7, 11) is 0. The molecule has 1 heterocycles. The van der Waals surface area contributed by atoms with Crippen LogP contribution in [0.5, 0.6) is 6.01 Å². The molecule has 0 aliphatic rings. The molecule has 0 aliphatic carbocycles. The molecular weight excluding hydrogens is 166 g/mol. The molecule has 1 aromatic heterocycles. The average molecular weight is 181 g/mol. The van der Waals surface area contributed by atoms with Crippen molar-refractivity contribution in [2.75, 3.05) is 6.61 Å². The number of hydrogen-bond acceptors (Lipinski definition) is 4. The summed E-state index contributed by atoms with van der Waals surface area (Å²) in [6.45, 7) is 2.89. The van der Waals surface area contributed by atoms with Crippen LogP contribution in [0, 0.1) is 0 Å². The zero-order valence-electron chi connectivity index (χ0n) is 7.94. The number of hydrogen-bond donors (Lipinski definition) is 0. The summed E-state index contributed by atoms with van der Waals surface area (Å²) in [5.74, 6) is 0. The summed E-state index contributed by atoms with van der Waals surface area (Å²) >= 11 is 0. The summed E-state index contributed by atoms with van der Waals surface area (Å²) in [4.78, 5) is 11.4. The van der Waals surface area contributed by atoms with E-state index in [4.69, 9.17) is 4.74 Å². The van der Waals surface area contributed by atoms with Crippen LogP contribution in [0.3, 0.4) is 0 Å². The van der Waals surface area contributed by atoms with Gasteiger partial charge in [0.1, 0.15) is 12.7 Å². The van der Waals surface area contributed by atoms with Gasteiger partial charge >= 0.3 is 6.01 Å². The fourth-order valence-electron chi connectivity index (χ4n) is 0.995. The van der Waals surface area contributed by atoms with Crippen molar-refractivity contribution in [1.29, 1.82) is 0 Å². The van der Waals surface area contributed by atoms with E-state index in [1.165, 1.54) is 31.9 Å². The SMILES string of the molecule is CCCCCCOc1ncncn1. The summed E-state index contributed by atoms with van der Waals surface area (Å²) in [6, 6.07) is 0.423. The van der Waals surface area contributed by atoms with Gasteiger partial charge in [0.15, 0.2) is 0 Å². The van der Waals surface area contributed by atoms with Gasteiger partial charge in [0.25, 0.3) is 0 Å². The van der Waals surface area contributed by atoms with Gasteiger partial charge in [-0.1, -0.05) is 26.2 Å². The lowest BCUT2D eigenvalue weighted by Gasteiger charge is -2.01. The molecule has 4 nitrogen and oxygen atoms in total. The van der Waals surface area contributed by atoms with E-state index in [-0.39, 0.29) is 0 Å². The predicted octanol–water partition coefficient (Wildman–Crippen LogP) is 1.83. The van der Waals surface area contributed by atoms with Gasteiger partial charge < -0.3 is 4.74 Å². The molecule has 4 heteroatoms. The van der Waals surface area contributed by atoms with Crippen LogP contribution in [0.1, 0.15) is 32.6 Å². The van der Waals surface area contributed by atoms with Crippen LogP contribution in [0.2, 0.25) is 0 Å². The van der Waals surface area contributed by atoms with E-state index in [0.29, 0.717) is 12.6 Å². The molecule has 1 aromatic rings. The molecule has 0 radical (unpaired) electrons. The first-order valence-electron chi connectivity index (χ1n) is 4.68. The number of unbranched alkanes of at least 4 members (excludes halogenated alkanes) is 3. The molecule has 0 fully saturated rings. The van der Waals surface area contributed by atoms with Crippen LogP contribution in [-0.2, 0) is 0 Å². The molecule has 0 spiro atoms. The lowest BCUT2D eigenvalue weighted by Crippen LogP contribution is -2.00. The molecule has 0 aliphatic heterocycles. The maximum atomic E-state index is 5.29. The second-order valence-electron chi connectivity index (χ2n) is 2.83. The largest absolute Gasteiger partial charge is 0.463 e. The van der Waals surface area contributed by atoms with Crippen molar-refractivity contribution in [2.24, 2.45) is 0 Å². The quantitative estimate of drug-likeness (QED) is 0.628. The highest BCUT2D eigenvalue weighted by atomic mass is 16.5. The highest BCUT2D eigenvalue weighted by Gasteiger charge is 1.94. The highest BCUT2D eigenvalue weighted by molar-refractivity contribution is 4.86. The Labute approximate surface area is 78.4 Å². The molecule has 13 heavy (non-hydrogen) atoms.